The van der Waals surface area contributed by atoms with Crippen molar-refractivity contribution in [1.29, 1.82) is 0 Å². The molecule has 1 aromatic rings. The van der Waals surface area contributed by atoms with E-state index in [0.29, 0.717) is 6.54 Å². The average Bonchev–Trinajstić information content (AvgIpc) is 2.30. The van der Waals surface area contributed by atoms with Gasteiger partial charge in [0.15, 0.2) is 5.16 Å². The predicted octanol–water partition coefficient (Wildman–Crippen LogP) is 0.417. The van der Waals surface area contributed by atoms with Gasteiger partial charge in [-0.3, -0.25) is 0 Å². The highest BCUT2D eigenvalue weighted by atomic mass is 35.5. The molecule has 0 amide bonds. The molecule has 0 aromatic carbocycles. The van der Waals surface area contributed by atoms with Crippen LogP contribution >= 0.6 is 24.2 Å². The summed E-state index contributed by atoms with van der Waals surface area (Å²) in [5.41, 5.74) is 5.39. The fourth-order valence-corrected chi connectivity index (χ4v) is 1.20. The second-order valence-electron chi connectivity index (χ2n) is 1.87. The molecule has 0 fully saturated rings. The molecule has 4 nitrogen and oxygen atoms in total. The number of aromatic nitrogens is 3. The van der Waals surface area contributed by atoms with Gasteiger partial charge in [-0.1, -0.05) is 11.8 Å². The summed E-state index contributed by atoms with van der Waals surface area (Å²) in [5.74, 6) is 0.823. The van der Waals surface area contributed by atoms with Crippen molar-refractivity contribution in [2.45, 2.75) is 11.7 Å². The molecular weight excluding hydrogens is 184 g/mol. The fraction of sp³-hybridized carbons (Fsp3) is 0.600. The zero-order chi connectivity index (χ0) is 7.56. The zero-order valence-electron chi connectivity index (χ0n) is 6.44. The van der Waals surface area contributed by atoms with E-state index in [1.807, 2.05) is 17.9 Å². The van der Waals surface area contributed by atoms with E-state index in [2.05, 4.69) is 10.2 Å². The van der Waals surface area contributed by atoms with E-state index >= 15 is 0 Å². The van der Waals surface area contributed by atoms with Crippen LogP contribution in [0, 0.1) is 0 Å². The Morgan fingerprint density at radius 3 is 2.45 bits per heavy atom. The third-order valence-corrected chi connectivity index (χ3v) is 2.01. The van der Waals surface area contributed by atoms with Gasteiger partial charge in [-0.15, -0.1) is 22.6 Å². The van der Waals surface area contributed by atoms with Crippen LogP contribution < -0.4 is 5.73 Å². The Morgan fingerprint density at radius 1 is 1.55 bits per heavy atom. The van der Waals surface area contributed by atoms with Crippen LogP contribution in [0.1, 0.15) is 5.82 Å². The molecule has 0 atom stereocenters. The quantitative estimate of drug-likeness (QED) is 0.694. The number of rotatable bonds is 2. The van der Waals surface area contributed by atoms with Gasteiger partial charge in [-0.2, -0.15) is 0 Å². The smallest absolute Gasteiger partial charge is 0.190 e. The van der Waals surface area contributed by atoms with Crippen LogP contribution in [0.15, 0.2) is 5.16 Å². The van der Waals surface area contributed by atoms with Gasteiger partial charge in [-0.25, -0.2) is 0 Å². The van der Waals surface area contributed by atoms with Crippen molar-refractivity contribution in [3.63, 3.8) is 0 Å². The number of nitrogens with two attached hydrogens (primary N) is 1. The molecule has 0 aliphatic heterocycles. The highest BCUT2D eigenvalue weighted by Gasteiger charge is 2.03. The Balaban J connectivity index is 0.000001000. The Bertz CT molecular complexity index is 203. The summed E-state index contributed by atoms with van der Waals surface area (Å²) in [6.07, 6.45) is 1.96. The summed E-state index contributed by atoms with van der Waals surface area (Å²) < 4.78 is 1.89. The summed E-state index contributed by atoms with van der Waals surface area (Å²) in [6, 6.07) is 0. The van der Waals surface area contributed by atoms with Gasteiger partial charge in [0.1, 0.15) is 5.82 Å². The second kappa shape index (κ2) is 4.58. The molecule has 0 saturated heterocycles. The molecule has 64 valence electrons. The molecule has 1 heterocycles. The van der Waals surface area contributed by atoms with E-state index in [4.69, 9.17) is 5.73 Å². The molecule has 0 radical (unpaired) electrons. The lowest BCUT2D eigenvalue weighted by atomic mass is 10.6. The van der Waals surface area contributed by atoms with Crippen molar-refractivity contribution in [1.82, 2.24) is 14.8 Å². The van der Waals surface area contributed by atoms with Crippen LogP contribution in [-0.2, 0) is 13.6 Å². The third kappa shape index (κ3) is 2.08. The first-order chi connectivity index (χ1) is 4.79. The standard InChI is InChI=1S/C5H10N4S.ClH/c1-9-4(3-6)7-8-5(9)10-2;/h3,6H2,1-2H3;1H. The molecule has 0 unspecified atom stereocenters. The lowest BCUT2D eigenvalue weighted by Crippen LogP contribution is -2.04. The molecule has 0 bridgehead atoms. The van der Waals surface area contributed by atoms with Crippen LogP contribution in [0.5, 0.6) is 0 Å². The predicted molar refractivity (Wildman–Crippen MR) is 47.9 cm³/mol. The SMILES string of the molecule is CSc1nnc(CN)n1C.Cl. The number of thioether (sulfide) groups is 1. The van der Waals surface area contributed by atoms with Crippen molar-refractivity contribution >= 4 is 24.2 Å². The molecule has 0 saturated carbocycles. The minimum absolute atomic E-state index is 0. The third-order valence-electron chi connectivity index (χ3n) is 1.29. The van der Waals surface area contributed by atoms with Crippen molar-refractivity contribution in [2.75, 3.05) is 6.26 Å². The summed E-state index contributed by atoms with van der Waals surface area (Å²) in [6.45, 7) is 0.448. The van der Waals surface area contributed by atoms with E-state index < -0.39 is 0 Å². The van der Waals surface area contributed by atoms with Gasteiger partial charge >= 0.3 is 0 Å². The first-order valence-corrected chi connectivity index (χ1v) is 4.14. The van der Waals surface area contributed by atoms with Crippen molar-refractivity contribution in [2.24, 2.45) is 12.8 Å². The lowest BCUT2D eigenvalue weighted by Gasteiger charge is -1.96. The monoisotopic (exact) mass is 194 g/mol. The van der Waals surface area contributed by atoms with E-state index in [1.54, 1.807) is 11.8 Å². The van der Waals surface area contributed by atoms with Crippen LogP contribution in [0.2, 0.25) is 0 Å². The van der Waals surface area contributed by atoms with Gasteiger partial charge < -0.3 is 10.3 Å². The van der Waals surface area contributed by atoms with E-state index in [9.17, 15) is 0 Å². The summed E-state index contributed by atoms with van der Waals surface area (Å²) in [7, 11) is 1.91. The van der Waals surface area contributed by atoms with Gasteiger partial charge in [0.05, 0.1) is 6.54 Å². The second-order valence-corrected chi connectivity index (χ2v) is 2.64. The Labute approximate surface area is 76.0 Å². The number of halogens is 1. The van der Waals surface area contributed by atoms with Gasteiger partial charge in [0.2, 0.25) is 0 Å². The Hall–Kier alpha value is -0.260. The Morgan fingerprint density at radius 2 is 2.18 bits per heavy atom. The molecule has 11 heavy (non-hydrogen) atoms. The minimum Gasteiger partial charge on any atom is -0.324 e. The number of nitrogens with zero attached hydrogens (tertiary/aromatic N) is 3. The molecule has 1 aromatic heterocycles. The lowest BCUT2D eigenvalue weighted by molar-refractivity contribution is 0.735. The zero-order valence-corrected chi connectivity index (χ0v) is 8.08. The number of hydrogen-bond acceptors (Lipinski definition) is 4. The first kappa shape index (κ1) is 10.7. The van der Waals surface area contributed by atoms with Crippen LogP contribution in [-0.4, -0.2) is 21.0 Å². The van der Waals surface area contributed by atoms with Crippen molar-refractivity contribution in [3.05, 3.63) is 5.82 Å². The normalized spacial score (nSPS) is 9.36. The summed E-state index contributed by atoms with van der Waals surface area (Å²) >= 11 is 1.57. The maximum Gasteiger partial charge on any atom is 0.190 e. The molecule has 1 rings (SSSR count). The van der Waals surface area contributed by atoms with Crippen molar-refractivity contribution < 1.29 is 0 Å². The van der Waals surface area contributed by atoms with Crippen molar-refractivity contribution in [3.8, 4) is 0 Å². The van der Waals surface area contributed by atoms with Crippen LogP contribution in [0.25, 0.3) is 0 Å². The maximum absolute atomic E-state index is 5.39. The van der Waals surface area contributed by atoms with Gasteiger partial charge in [0, 0.05) is 7.05 Å². The number of hydrogen-bond donors (Lipinski definition) is 1. The first-order valence-electron chi connectivity index (χ1n) is 2.92. The molecule has 2 N–H and O–H groups in total. The molecule has 6 heteroatoms. The summed E-state index contributed by atoms with van der Waals surface area (Å²) in [4.78, 5) is 0. The van der Waals surface area contributed by atoms with E-state index in [0.717, 1.165) is 11.0 Å². The summed E-state index contributed by atoms with van der Waals surface area (Å²) in [5, 5.41) is 8.68. The highest BCUT2D eigenvalue weighted by Crippen LogP contribution is 2.10. The maximum atomic E-state index is 5.39. The molecule has 0 spiro atoms. The highest BCUT2D eigenvalue weighted by molar-refractivity contribution is 7.98. The average molecular weight is 195 g/mol. The van der Waals surface area contributed by atoms with Gasteiger partial charge in [-0.05, 0) is 6.26 Å². The molecule has 0 aliphatic rings. The van der Waals surface area contributed by atoms with Gasteiger partial charge in [0.25, 0.3) is 0 Å². The minimum atomic E-state index is 0. The molecular formula is C5H11ClN4S. The van der Waals surface area contributed by atoms with E-state index in [-0.39, 0.29) is 12.4 Å². The van der Waals surface area contributed by atoms with Crippen LogP contribution in [0.3, 0.4) is 0 Å². The largest absolute Gasteiger partial charge is 0.324 e. The fourth-order valence-electron chi connectivity index (χ4n) is 0.701. The van der Waals surface area contributed by atoms with Crippen LogP contribution in [0.4, 0.5) is 0 Å². The van der Waals surface area contributed by atoms with E-state index in [1.165, 1.54) is 0 Å². The molecule has 0 aliphatic carbocycles. The Kier molecular flexibility index (Phi) is 4.48. The topological polar surface area (TPSA) is 56.7 Å².